The van der Waals surface area contributed by atoms with Crippen molar-refractivity contribution in [2.45, 2.75) is 39.3 Å². The lowest BCUT2D eigenvalue weighted by molar-refractivity contribution is -0.119. The van der Waals surface area contributed by atoms with E-state index in [9.17, 15) is 9.59 Å². The van der Waals surface area contributed by atoms with Crippen LogP contribution in [0.1, 0.15) is 38.8 Å². The molecular formula is C19H25N3O2. The summed E-state index contributed by atoms with van der Waals surface area (Å²) in [5.74, 6) is -0.345. The fraction of sp³-hybridized carbons (Fsp3) is 0.368. The lowest BCUT2D eigenvalue weighted by atomic mass is 10.00. The molecule has 0 radical (unpaired) electrons. The molecule has 0 saturated carbocycles. The van der Waals surface area contributed by atoms with Gasteiger partial charge < -0.3 is 10.6 Å². The Morgan fingerprint density at radius 1 is 1.04 bits per heavy atom. The van der Waals surface area contributed by atoms with Crippen LogP contribution in [0.4, 0.5) is 4.79 Å². The van der Waals surface area contributed by atoms with Gasteiger partial charge in [0.25, 0.3) is 0 Å². The van der Waals surface area contributed by atoms with E-state index in [1.54, 1.807) is 0 Å². The minimum absolute atomic E-state index is 0.000485. The van der Waals surface area contributed by atoms with Crippen LogP contribution in [0.5, 0.6) is 0 Å². The summed E-state index contributed by atoms with van der Waals surface area (Å²) < 4.78 is 0. The summed E-state index contributed by atoms with van der Waals surface area (Å²) in [7, 11) is 0. The Balaban J connectivity index is 1.91. The molecule has 0 unspecified atom stereocenters. The highest BCUT2D eigenvalue weighted by Crippen LogP contribution is 2.23. The van der Waals surface area contributed by atoms with Gasteiger partial charge in [-0.15, -0.1) is 0 Å². The summed E-state index contributed by atoms with van der Waals surface area (Å²) in [6, 6.07) is 13.9. The maximum absolute atomic E-state index is 11.9. The topological polar surface area (TPSA) is 70.2 Å². The molecule has 2 aromatic carbocycles. The van der Waals surface area contributed by atoms with Gasteiger partial charge in [0.2, 0.25) is 5.91 Å². The molecule has 5 nitrogen and oxygen atoms in total. The van der Waals surface area contributed by atoms with Gasteiger partial charge in [-0.05, 0) is 36.6 Å². The Morgan fingerprint density at radius 3 is 2.50 bits per heavy atom. The second kappa shape index (κ2) is 8.45. The summed E-state index contributed by atoms with van der Waals surface area (Å²) in [5, 5.41) is 10.5. The lowest BCUT2D eigenvalue weighted by Crippen LogP contribution is -2.46. The summed E-state index contributed by atoms with van der Waals surface area (Å²) >= 11 is 0. The SMILES string of the molecule is CC[C@H](C)NC(=O)NC(=O)CN[C@H](C)c1cccc2ccccc12. The third kappa shape index (κ3) is 4.80. The zero-order chi connectivity index (χ0) is 17.5. The van der Waals surface area contributed by atoms with Crippen LogP contribution in [0.3, 0.4) is 0 Å². The molecule has 24 heavy (non-hydrogen) atoms. The molecule has 128 valence electrons. The Morgan fingerprint density at radius 2 is 1.75 bits per heavy atom. The largest absolute Gasteiger partial charge is 0.335 e. The zero-order valence-corrected chi connectivity index (χ0v) is 14.4. The summed E-state index contributed by atoms with van der Waals surface area (Å²) in [4.78, 5) is 23.5. The van der Waals surface area contributed by atoms with Crippen LogP contribution in [0.25, 0.3) is 10.8 Å². The molecule has 0 spiro atoms. The van der Waals surface area contributed by atoms with Gasteiger partial charge >= 0.3 is 6.03 Å². The molecule has 0 bridgehead atoms. The number of hydrogen-bond acceptors (Lipinski definition) is 3. The predicted octanol–water partition coefficient (Wildman–Crippen LogP) is 3.11. The van der Waals surface area contributed by atoms with Gasteiger partial charge in [0.15, 0.2) is 0 Å². The molecule has 0 fully saturated rings. The Kier molecular flexibility index (Phi) is 6.32. The van der Waals surface area contributed by atoms with Crippen molar-refractivity contribution < 1.29 is 9.59 Å². The van der Waals surface area contributed by atoms with Gasteiger partial charge in [-0.2, -0.15) is 0 Å². The minimum atomic E-state index is -0.450. The average Bonchev–Trinajstić information content (AvgIpc) is 2.58. The Labute approximate surface area is 142 Å². The van der Waals surface area contributed by atoms with E-state index in [-0.39, 0.29) is 24.5 Å². The first kappa shape index (κ1) is 17.9. The third-order valence-corrected chi connectivity index (χ3v) is 4.10. The first-order valence-corrected chi connectivity index (χ1v) is 8.32. The first-order chi connectivity index (χ1) is 11.5. The molecule has 3 N–H and O–H groups in total. The molecule has 0 aromatic heterocycles. The van der Waals surface area contributed by atoms with Crippen LogP contribution in [0.2, 0.25) is 0 Å². The van der Waals surface area contributed by atoms with Crippen molar-refractivity contribution in [3.8, 4) is 0 Å². The van der Waals surface area contributed by atoms with Crippen molar-refractivity contribution in [1.82, 2.24) is 16.0 Å². The number of amides is 3. The van der Waals surface area contributed by atoms with E-state index < -0.39 is 6.03 Å². The van der Waals surface area contributed by atoms with Gasteiger partial charge in [0.05, 0.1) is 6.54 Å². The smallest absolute Gasteiger partial charge is 0.321 e. The number of urea groups is 1. The quantitative estimate of drug-likeness (QED) is 0.763. The first-order valence-electron chi connectivity index (χ1n) is 8.32. The van der Waals surface area contributed by atoms with Crippen LogP contribution >= 0.6 is 0 Å². The van der Waals surface area contributed by atoms with Crippen LogP contribution in [-0.2, 0) is 4.79 Å². The molecule has 2 rings (SSSR count). The highest BCUT2D eigenvalue weighted by atomic mass is 16.2. The number of fused-ring (bicyclic) bond motifs is 1. The fourth-order valence-electron chi connectivity index (χ4n) is 2.52. The van der Waals surface area contributed by atoms with E-state index >= 15 is 0 Å². The zero-order valence-electron chi connectivity index (χ0n) is 14.4. The third-order valence-electron chi connectivity index (χ3n) is 4.10. The normalized spacial score (nSPS) is 13.3. The maximum atomic E-state index is 11.9. The second-order valence-corrected chi connectivity index (χ2v) is 6.00. The molecule has 0 aliphatic rings. The number of hydrogen-bond donors (Lipinski definition) is 3. The summed E-state index contributed by atoms with van der Waals surface area (Å²) in [6.45, 7) is 5.96. The van der Waals surface area contributed by atoms with E-state index in [2.05, 4.69) is 34.1 Å². The minimum Gasteiger partial charge on any atom is -0.335 e. The highest BCUT2D eigenvalue weighted by molar-refractivity contribution is 5.95. The molecule has 0 saturated heterocycles. The van der Waals surface area contributed by atoms with Crippen molar-refractivity contribution in [3.63, 3.8) is 0 Å². The van der Waals surface area contributed by atoms with E-state index in [1.165, 1.54) is 5.39 Å². The Bertz CT molecular complexity index is 709. The molecule has 5 heteroatoms. The highest BCUT2D eigenvalue weighted by Gasteiger charge is 2.13. The number of benzene rings is 2. The Hall–Kier alpha value is -2.40. The number of rotatable bonds is 6. The van der Waals surface area contributed by atoms with Crippen LogP contribution in [0.15, 0.2) is 42.5 Å². The maximum Gasteiger partial charge on any atom is 0.321 e. The molecular weight excluding hydrogens is 302 g/mol. The predicted molar refractivity (Wildman–Crippen MR) is 96.8 cm³/mol. The van der Waals surface area contributed by atoms with Gasteiger partial charge in [-0.25, -0.2) is 4.79 Å². The number of carbonyl (C=O) groups excluding carboxylic acids is 2. The number of carbonyl (C=O) groups is 2. The van der Waals surface area contributed by atoms with Crippen LogP contribution in [0, 0.1) is 0 Å². The van der Waals surface area contributed by atoms with Crippen molar-refractivity contribution in [1.29, 1.82) is 0 Å². The average molecular weight is 327 g/mol. The standard InChI is InChI=1S/C19H25N3O2/c1-4-13(2)21-19(24)22-18(23)12-20-14(3)16-11-7-9-15-8-5-6-10-17(15)16/h5-11,13-14,20H,4,12H2,1-3H3,(H2,21,22,23,24)/t13-,14+/m0/s1. The fourth-order valence-corrected chi connectivity index (χ4v) is 2.52. The van der Waals surface area contributed by atoms with E-state index in [0.717, 1.165) is 17.4 Å². The van der Waals surface area contributed by atoms with Crippen LogP contribution in [-0.4, -0.2) is 24.5 Å². The van der Waals surface area contributed by atoms with Gasteiger partial charge in [0, 0.05) is 12.1 Å². The van der Waals surface area contributed by atoms with E-state index in [0.29, 0.717) is 0 Å². The molecule has 0 aliphatic carbocycles. The monoisotopic (exact) mass is 327 g/mol. The van der Waals surface area contributed by atoms with Gasteiger partial charge in [-0.3, -0.25) is 10.1 Å². The van der Waals surface area contributed by atoms with Crippen molar-refractivity contribution in [3.05, 3.63) is 48.0 Å². The van der Waals surface area contributed by atoms with Crippen molar-refractivity contribution in [2.75, 3.05) is 6.54 Å². The van der Waals surface area contributed by atoms with Crippen LogP contribution < -0.4 is 16.0 Å². The second-order valence-electron chi connectivity index (χ2n) is 6.00. The molecule has 3 amide bonds. The van der Waals surface area contributed by atoms with Gasteiger partial charge in [-0.1, -0.05) is 49.4 Å². The van der Waals surface area contributed by atoms with Crippen molar-refractivity contribution in [2.24, 2.45) is 0 Å². The molecule has 0 aliphatic heterocycles. The van der Waals surface area contributed by atoms with Crippen molar-refractivity contribution >= 4 is 22.7 Å². The lowest BCUT2D eigenvalue weighted by Gasteiger charge is -2.17. The number of nitrogens with one attached hydrogen (secondary N) is 3. The summed E-state index contributed by atoms with van der Waals surface area (Å²) in [5.41, 5.74) is 1.13. The van der Waals surface area contributed by atoms with E-state index in [1.807, 2.05) is 45.0 Å². The van der Waals surface area contributed by atoms with E-state index in [4.69, 9.17) is 0 Å². The molecule has 2 atom stereocenters. The number of imide groups is 1. The van der Waals surface area contributed by atoms with Gasteiger partial charge in [0.1, 0.15) is 0 Å². The molecule has 0 heterocycles. The summed E-state index contributed by atoms with van der Waals surface area (Å²) in [6.07, 6.45) is 0.817. The molecule has 2 aromatic rings.